The lowest BCUT2D eigenvalue weighted by atomic mass is 9.80. The Labute approximate surface area is 162 Å². The van der Waals surface area contributed by atoms with E-state index in [4.69, 9.17) is 4.74 Å². The van der Waals surface area contributed by atoms with Crippen molar-refractivity contribution in [1.29, 1.82) is 5.26 Å². The highest BCUT2D eigenvalue weighted by atomic mass is 32.2. The second-order valence-corrected chi connectivity index (χ2v) is 7.95. The number of H-pyrrole nitrogens is 1. The van der Waals surface area contributed by atoms with Gasteiger partial charge in [0.2, 0.25) is 5.91 Å². The van der Waals surface area contributed by atoms with E-state index in [-0.39, 0.29) is 18.1 Å². The Bertz CT molecular complexity index is 801. The van der Waals surface area contributed by atoms with E-state index in [1.165, 1.54) is 17.8 Å². The van der Waals surface area contributed by atoms with Crippen LogP contribution in [-0.4, -0.2) is 44.6 Å². The second-order valence-electron chi connectivity index (χ2n) is 6.57. The van der Waals surface area contributed by atoms with Gasteiger partial charge in [0.15, 0.2) is 5.57 Å². The molecule has 142 valence electrons. The van der Waals surface area contributed by atoms with E-state index in [1.807, 2.05) is 19.2 Å². The van der Waals surface area contributed by atoms with Crippen LogP contribution in [0.15, 0.2) is 35.7 Å². The largest absolute Gasteiger partial charge is 0.457 e. The summed E-state index contributed by atoms with van der Waals surface area (Å²) in [4.78, 5) is 34.4. The molecule has 8 heteroatoms. The Hall–Kier alpha value is -2.53. The summed E-state index contributed by atoms with van der Waals surface area (Å²) in [5.41, 5.74) is -0.109. The van der Waals surface area contributed by atoms with E-state index in [0.29, 0.717) is 30.3 Å². The van der Waals surface area contributed by atoms with Crippen molar-refractivity contribution in [3.63, 3.8) is 0 Å². The number of ether oxygens (including phenoxy) is 1. The lowest BCUT2D eigenvalue weighted by molar-refractivity contribution is -0.137. The molecule has 2 fully saturated rings. The molecule has 27 heavy (non-hydrogen) atoms. The number of amides is 1. The summed E-state index contributed by atoms with van der Waals surface area (Å²) in [7, 11) is 0. The van der Waals surface area contributed by atoms with Gasteiger partial charge in [-0.05, 0) is 32.6 Å². The summed E-state index contributed by atoms with van der Waals surface area (Å²) in [6, 6.07) is 1.93. The van der Waals surface area contributed by atoms with Crippen LogP contribution in [0.25, 0.3) is 0 Å². The fraction of sp³-hybridized carbons (Fsp3) is 0.474. The van der Waals surface area contributed by atoms with Gasteiger partial charge in [-0.15, -0.1) is 0 Å². The van der Waals surface area contributed by atoms with Gasteiger partial charge in [-0.25, -0.2) is 9.78 Å². The molecule has 1 aliphatic carbocycles. The average molecular weight is 386 g/mol. The molecule has 3 rings (SSSR count). The fourth-order valence-corrected chi connectivity index (χ4v) is 5.22. The maximum absolute atomic E-state index is 13.1. The van der Waals surface area contributed by atoms with E-state index in [1.54, 1.807) is 11.1 Å². The lowest BCUT2D eigenvalue weighted by Gasteiger charge is -2.33. The predicted molar refractivity (Wildman–Crippen MR) is 101 cm³/mol. The van der Waals surface area contributed by atoms with E-state index in [2.05, 4.69) is 16.5 Å². The van der Waals surface area contributed by atoms with Crippen molar-refractivity contribution in [2.75, 3.05) is 13.2 Å². The number of carbonyl (C=O) groups is 2. The van der Waals surface area contributed by atoms with Crippen molar-refractivity contribution in [2.45, 2.75) is 43.3 Å². The van der Waals surface area contributed by atoms with Gasteiger partial charge in [0.05, 0.1) is 0 Å². The first-order chi connectivity index (χ1) is 13.1. The van der Waals surface area contributed by atoms with Crippen molar-refractivity contribution >= 4 is 23.6 Å². The first kappa shape index (κ1) is 19.2. The Balaban J connectivity index is 1.84. The summed E-state index contributed by atoms with van der Waals surface area (Å²) in [5, 5.41) is 9.92. The van der Waals surface area contributed by atoms with Crippen molar-refractivity contribution < 1.29 is 14.3 Å². The van der Waals surface area contributed by atoms with Crippen LogP contribution in [0.3, 0.4) is 0 Å². The maximum Gasteiger partial charge on any atom is 0.351 e. The zero-order valence-corrected chi connectivity index (χ0v) is 16.1. The summed E-state index contributed by atoms with van der Waals surface area (Å²) >= 11 is 1.34. The first-order valence-corrected chi connectivity index (χ1v) is 9.80. The van der Waals surface area contributed by atoms with E-state index in [0.717, 1.165) is 18.7 Å². The molecule has 0 atom stereocenters. The molecule has 7 nitrogen and oxygen atoms in total. The van der Waals surface area contributed by atoms with Gasteiger partial charge < -0.3 is 14.6 Å². The number of imidazole rings is 1. The smallest absolute Gasteiger partial charge is 0.351 e. The molecule has 1 N–H and O–H groups in total. The molecule has 1 spiro atoms. The Kier molecular flexibility index (Phi) is 5.71. The second kappa shape index (κ2) is 8.01. The quantitative estimate of drug-likeness (QED) is 0.362. The number of nitrogens with one attached hydrogen (secondary N) is 1. The average Bonchev–Trinajstić information content (AvgIpc) is 3.30. The molecule has 0 radical (unpaired) electrons. The zero-order chi connectivity index (χ0) is 19.4. The minimum Gasteiger partial charge on any atom is -0.457 e. The van der Waals surface area contributed by atoms with Gasteiger partial charge in [-0.1, -0.05) is 24.4 Å². The highest BCUT2D eigenvalue weighted by Crippen LogP contribution is 2.54. The molecule has 2 aliphatic rings. The minimum absolute atomic E-state index is 0.0211. The molecule has 0 unspecified atom stereocenters. The number of aromatic amines is 1. The van der Waals surface area contributed by atoms with Crippen LogP contribution in [0.5, 0.6) is 0 Å². The van der Waals surface area contributed by atoms with Crippen LogP contribution in [-0.2, 0) is 14.3 Å². The normalized spacial score (nSPS) is 26.7. The van der Waals surface area contributed by atoms with Crippen LogP contribution < -0.4 is 0 Å². The molecule has 1 saturated carbocycles. The number of thioether (sulfide) groups is 1. The van der Waals surface area contributed by atoms with Crippen molar-refractivity contribution in [3.05, 3.63) is 41.5 Å². The number of nitriles is 1. The van der Waals surface area contributed by atoms with E-state index in [9.17, 15) is 14.9 Å². The molecule has 1 aromatic rings. The highest BCUT2D eigenvalue weighted by molar-refractivity contribution is 8.05. The molecule has 1 aromatic heterocycles. The van der Waals surface area contributed by atoms with E-state index >= 15 is 0 Å². The van der Waals surface area contributed by atoms with Gasteiger partial charge in [0.1, 0.15) is 28.3 Å². The van der Waals surface area contributed by atoms with Gasteiger partial charge >= 0.3 is 5.97 Å². The van der Waals surface area contributed by atoms with Crippen LogP contribution in [0.1, 0.15) is 44.3 Å². The van der Waals surface area contributed by atoms with Crippen LogP contribution in [0.2, 0.25) is 0 Å². The molecule has 1 aliphatic heterocycles. The number of aromatic nitrogens is 2. The van der Waals surface area contributed by atoms with Crippen molar-refractivity contribution in [1.82, 2.24) is 14.9 Å². The Morgan fingerprint density at radius 3 is 2.89 bits per heavy atom. The molecule has 0 bridgehead atoms. The summed E-state index contributed by atoms with van der Waals surface area (Å²) in [5.74, 6) is 0.517. The van der Waals surface area contributed by atoms with Gasteiger partial charge in [0.25, 0.3) is 0 Å². The van der Waals surface area contributed by atoms with Gasteiger partial charge in [-0.3, -0.25) is 4.79 Å². The predicted octanol–water partition coefficient (Wildman–Crippen LogP) is 2.87. The summed E-state index contributed by atoms with van der Waals surface area (Å²) < 4.78 is 4.41. The molecule has 1 saturated heterocycles. The third-order valence-electron chi connectivity index (χ3n) is 5.05. The third-order valence-corrected chi connectivity index (χ3v) is 6.64. The third kappa shape index (κ3) is 3.52. The number of nitrogens with zero attached hydrogens (tertiary/aromatic N) is 3. The molecule has 2 heterocycles. The fourth-order valence-electron chi connectivity index (χ4n) is 3.66. The minimum atomic E-state index is -0.715. The monoisotopic (exact) mass is 386 g/mol. The number of rotatable bonds is 5. The highest BCUT2D eigenvalue weighted by Gasteiger charge is 2.53. The SMILES string of the molecule is C=CCOC(=O)/C(C#N)=C1\SC2(CCC(c3ncc[nH]3)CC2)C(=O)N1CC. The molecular formula is C19H22N4O3S. The van der Waals surface area contributed by atoms with Crippen LogP contribution in [0.4, 0.5) is 0 Å². The standard InChI is InChI=1S/C19H22N4O3S/c1-3-11-26-17(24)14(12-20)16-23(4-2)18(25)19(27-16)7-5-13(6-8-19)15-21-9-10-22-15/h3,9-10,13H,1,4-8,11H2,2H3,(H,21,22)/b16-14-. The Morgan fingerprint density at radius 2 is 2.33 bits per heavy atom. The van der Waals surface area contributed by atoms with E-state index < -0.39 is 10.7 Å². The van der Waals surface area contributed by atoms with Crippen LogP contribution >= 0.6 is 11.8 Å². The number of hydrogen-bond acceptors (Lipinski definition) is 6. The first-order valence-electron chi connectivity index (χ1n) is 8.99. The van der Waals surface area contributed by atoms with Crippen molar-refractivity contribution in [2.24, 2.45) is 0 Å². The number of hydrogen-bond donors (Lipinski definition) is 1. The topological polar surface area (TPSA) is 99.1 Å². The Morgan fingerprint density at radius 1 is 1.59 bits per heavy atom. The summed E-state index contributed by atoms with van der Waals surface area (Å²) in [6.07, 6.45) is 8.02. The molecular weight excluding hydrogens is 364 g/mol. The maximum atomic E-state index is 13.1. The van der Waals surface area contributed by atoms with Gasteiger partial charge in [-0.2, -0.15) is 5.26 Å². The van der Waals surface area contributed by atoms with Crippen molar-refractivity contribution in [3.8, 4) is 6.07 Å². The molecule has 0 aromatic carbocycles. The van der Waals surface area contributed by atoms with Gasteiger partial charge in [0, 0.05) is 24.9 Å². The number of esters is 1. The number of carbonyl (C=O) groups excluding carboxylic acids is 2. The van der Waals surface area contributed by atoms with Crippen LogP contribution in [0, 0.1) is 11.3 Å². The lowest BCUT2D eigenvalue weighted by Crippen LogP contribution is -2.41. The molecule has 1 amide bonds. The zero-order valence-electron chi connectivity index (χ0n) is 15.2. The summed E-state index contributed by atoms with van der Waals surface area (Å²) in [6.45, 7) is 5.78.